The Balaban J connectivity index is 1.69. The zero-order chi connectivity index (χ0) is 21.5. The maximum atomic E-state index is 9.48. The largest absolute Gasteiger partial charge is 0.309 e. The summed E-state index contributed by atoms with van der Waals surface area (Å²) in [6, 6.07) is 26.9. The van der Waals surface area contributed by atoms with Crippen LogP contribution < -0.4 is 0 Å². The number of aryl methyl sites for hydroxylation is 2. The van der Waals surface area contributed by atoms with Crippen LogP contribution in [-0.2, 0) is 0 Å². The molecule has 0 radical (unpaired) electrons. The third-order valence-electron chi connectivity index (χ3n) is 5.61. The van der Waals surface area contributed by atoms with Crippen LogP contribution in [0.3, 0.4) is 0 Å². The van der Waals surface area contributed by atoms with E-state index in [4.69, 9.17) is 5.26 Å². The summed E-state index contributed by atoms with van der Waals surface area (Å²) >= 11 is 0. The minimum absolute atomic E-state index is 0.382. The van der Waals surface area contributed by atoms with Gasteiger partial charge in [0.2, 0.25) is 0 Å². The Morgan fingerprint density at radius 2 is 1.35 bits per heavy atom. The van der Waals surface area contributed by atoms with Gasteiger partial charge in [0.25, 0.3) is 0 Å². The molecule has 0 saturated carbocycles. The summed E-state index contributed by atoms with van der Waals surface area (Å²) < 4.78 is 2.27. The average Bonchev–Trinajstić information content (AvgIpc) is 3.11. The zero-order valence-electron chi connectivity index (χ0n) is 17.2. The van der Waals surface area contributed by atoms with Crippen LogP contribution in [0.25, 0.3) is 38.8 Å². The highest BCUT2D eigenvalue weighted by molar-refractivity contribution is 6.09. The summed E-state index contributed by atoms with van der Waals surface area (Å²) in [7, 11) is 0. The summed E-state index contributed by atoms with van der Waals surface area (Å²) in [5, 5.41) is 21.0. The average molecular weight is 398 g/mol. The van der Waals surface area contributed by atoms with Crippen molar-refractivity contribution in [1.82, 2.24) is 9.55 Å². The predicted octanol–water partition coefficient (Wildman–Crippen LogP) is 6.21. The van der Waals surface area contributed by atoms with Crippen LogP contribution >= 0.6 is 0 Å². The molecular weight excluding hydrogens is 380 g/mol. The van der Waals surface area contributed by atoms with E-state index in [2.05, 4.69) is 78.0 Å². The van der Waals surface area contributed by atoms with Gasteiger partial charge in [-0.1, -0.05) is 35.4 Å². The second kappa shape index (κ2) is 7.13. The number of nitriles is 2. The quantitative estimate of drug-likeness (QED) is 0.355. The Labute approximate surface area is 180 Å². The number of rotatable bonds is 2. The monoisotopic (exact) mass is 398 g/mol. The molecule has 0 bridgehead atoms. The molecule has 0 aliphatic carbocycles. The van der Waals surface area contributed by atoms with Crippen molar-refractivity contribution in [1.29, 1.82) is 10.5 Å². The second-order valence-corrected chi connectivity index (χ2v) is 7.77. The molecule has 5 rings (SSSR count). The van der Waals surface area contributed by atoms with Gasteiger partial charge in [-0.05, 0) is 56.3 Å². The molecule has 0 atom stereocenters. The number of hydrogen-bond acceptors (Lipinski definition) is 3. The van der Waals surface area contributed by atoms with Crippen molar-refractivity contribution < 1.29 is 0 Å². The summed E-state index contributed by atoms with van der Waals surface area (Å²) in [5.41, 5.74) is 8.05. The molecule has 0 unspecified atom stereocenters. The molecule has 0 N–H and O–H groups in total. The van der Waals surface area contributed by atoms with Crippen molar-refractivity contribution in [2.24, 2.45) is 0 Å². The van der Waals surface area contributed by atoms with E-state index < -0.39 is 0 Å². The molecule has 0 saturated heterocycles. The van der Waals surface area contributed by atoms with E-state index in [-0.39, 0.29) is 0 Å². The lowest BCUT2D eigenvalue weighted by atomic mass is 10.0. The van der Waals surface area contributed by atoms with E-state index in [9.17, 15) is 5.26 Å². The molecule has 0 amide bonds. The summed E-state index contributed by atoms with van der Waals surface area (Å²) in [6.07, 6.45) is 1.50. The Bertz CT molecular complexity index is 1500. The van der Waals surface area contributed by atoms with Crippen molar-refractivity contribution in [3.8, 4) is 29.1 Å². The first-order chi connectivity index (χ1) is 15.1. The van der Waals surface area contributed by atoms with Gasteiger partial charge in [-0.15, -0.1) is 0 Å². The topological polar surface area (TPSA) is 65.4 Å². The molecule has 31 heavy (non-hydrogen) atoms. The Kier molecular flexibility index (Phi) is 4.28. The Hall–Kier alpha value is -4.41. The lowest BCUT2D eigenvalue weighted by Crippen LogP contribution is -1.95. The number of hydrogen-bond donors (Lipinski definition) is 0. The molecule has 0 aliphatic heterocycles. The van der Waals surface area contributed by atoms with Crippen molar-refractivity contribution in [2.75, 3.05) is 0 Å². The molecule has 3 aromatic carbocycles. The number of nitrogens with zero attached hydrogens (tertiary/aromatic N) is 4. The van der Waals surface area contributed by atoms with E-state index in [0.29, 0.717) is 16.8 Å². The van der Waals surface area contributed by atoms with Crippen LogP contribution in [0.4, 0.5) is 0 Å². The first-order valence-electron chi connectivity index (χ1n) is 10.0. The van der Waals surface area contributed by atoms with Crippen LogP contribution in [0.2, 0.25) is 0 Å². The van der Waals surface area contributed by atoms with Crippen molar-refractivity contribution in [3.05, 3.63) is 95.2 Å². The SMILES string of the molecule is Cc1ccc2c(c1)c1cc(C)ccc1n2-c1ccc(-c2ncc(C#N)cc2C#N)cc1. The highest BCUT2D eigenvalue weighted by Crippen LogP contribution is 2.34. The summed E-state index contributed by atoms with van der Waals surface area (Å²) in [4.78, 5) is 4.35. The predicted molar refractivity (Wildman–Crippen MR) is 123 cm³/mol. The number of aromatic nitrogens is 2. The molecule has 4 heteroatoms. The molecule has 0 aliphatic rings. The van der Waals surface area contributed by atoms with Gasteiger partial charge in [0.05, 0.1) is 27.9 Å². The molecule has 2 heterocycles. The third-order valence-corrected chi connectivity index (χ3v) is 5.61. The maximum Gasteiger partial charge on any atom is 0.101 e. The van der Waals surface area contributed by atoms with Gasteiger partial charge >= 0.3 is 0 Å². The standard InChI is InChI=1S/C27H18N4/c1-17-3-9-25-23(11-17)24-12-18(2)4-10-26(24)31(25)22-7-5-20(6-8-22)27-21(15-29)13-19(14-28)16-30-27/h3-13,16H,1-2H3. The van der Waals surface area contributed by atoms with E-state index in [1.165, 1.54) is 28.1 Å². The van der Waals surface area contributed by atoms with Crippen LogP contribution in [0.5, 0.6) is 0 Å². The van der Waals surface area contributed by atoms with Crippen molar-refractivity contribution >= 4 is 21.8 Å². The fraction of sp³-hybridized carbons (Fsp3) is 0.0741. The zero-order valence-corrected chi connectivity index (χ0v) is 17.2. The molecule has 0 spiro atoms. The van der Waals surface area contributed by atoms with E-state index in [0.717, 1.165) is 22.3 Å². The highest BCUT2D eigenvalue weighted by atomic mass is 15.0. The second-order valence-electron chi connectivity index (χ2n) is 7.77. The van der Waals surface area contributed by atoms with Crippen molar-refractivity contribution in [2.45, 2.75) is 13.8 Å². The summed E-state index contributed by atoms with van der Waals surface area (Å²) in [5.74, 6) is 0. The number of fused-ring (bicyclic) bond motifs is 3. The lowest BCUT2D eigenvalue weighted by molar-refractivity contribution is 1.18. The van der Waals surface area contributed by atoms with Crippen LogP contribution in [-0.4, -0.2) is 9.55 Å². The molecule has 2 aromatic heterocycles. The maximum absolute atomic E-state index is 9.48. The van der Waals surface area contributed by atoms with Gasteiger partial charge < -0.3 is 4.57 Å². The molecule has 4 nitrogen and oxygen atoms in total. The van der Waals surface area contributed by atoms with Gasteiger partial charge in [0.1, 0.15) is 12.1 Å². The molecular formula is C27H18N4. The van der Waals surface area contributed by atoms with Crippen molar-refractivity contribution in [3.63, 3.8) is 0 Å². The smallest absolute Gasteiger partial charge is 0.101 e. The lowest BCUT2D eigenvalue weighted by Gasteiger charge is -2.10. The Morgan fingerprint density at radius 1 is 0.742 bits per heavy atom. The van der Waals surface area contributed by atoms with E-state index >= 15 is 0 Å². The van der Waals surface area contributed by atoms with Gasteiger partial charge in [0.15, 0.2) is 0 Å². The normalized spacial score (nSPS) is 10.8. The fourth-order valence-electron chi connectivity index (χ4n) is 4.14. The fourth-order valence-corrected chi connectivity index (χ4v) is 4.14. The number of pyridine rings is 1. The van der Waals surface area contributed by atoms with Gasteiger partial charge in [-0.25, -0.2) is 0 Å². The van der Waals surface area contributed by atoms with E-state index in [1.54, 1.807) is 6.07 Å². The van der Waals surface area contributed by atoms with Crippen LogP contribution in [0, 0.1) is 36.5 Å². The molecule has 0 fully saturated rings. The first-order valence-corrected chi connectivity index (χ1v) is 10.0. The third kappa shape index (κ3) is 3.03. The van der Waals surface area contributed by atoms with Gasteiger partial charge in [-0.3, -0.25) is 4.98 Å². The van der Waals surface area contributed by atoms with Gasteiger partial charge in [-0.2, -0.15) is 10.5 Å². The first kappa shape index (κ1) is 18.6. The van der Waals surface area contributed by atoms with E-state index in [1.807, 2.05) is 18.2 Å². The number of benzene rings is 3. The van der Waals surface area contributed by atoms with Crippen LogP contribution in [0.1, 0.15) is 22.3 Å². The minimum Gasteiger partial charge on any atom is -0.309 e. The summed E-state index contributed by atoms with van der Waals surface area (Å²) in [6.45, 7) is 4.23. The molecule has 5 aromatic rings. The van der Waals surface area contributed by atoms with Gasteiger partial charge in [0, 0.05) is 28.2 Å². The molecule has 146 valence electrons. The highest BCUT2D eigenvalue weighted by Gasteiger charge is 2.14. The minimum atomic E-state index is 0.382. The van der Waals surface area contributed by atoms with Crippen LogP contribution in [0.15, 0.2) is 72.9 Å². The Morgan fingerprint density at radius 3 is 1.90 bits per heavy atom.